The molecular formula is C12H15F2N. The van der Waals surface area contributed by atoms with E-state index in [2.05, 4.69) is 11.9 Å². The first-order valence-electron chi connectivity index (χ1n) is 4.84. The van der Waals surface area contributed by atoms with Gasteiger partial charge in [0.05, 0.1) is 5.69 Å². The van der Waals surface area contributed by atoms with E-state index in [0.717, 1.165) is 12.0 Å². The quantitative estimate of drug-likeness (QED) is 0.749. The highest BCUT2D eigenvalue weighted by atomic mass is 19.1. The van der Waals surface area contributed by atoms with Crippen LogP contribution in [-0.2, 0) is 0 Å². The van der Waals surface area contributed by atoms with Crippen molar-refractivity contribution in [2.24, 2.45) is 0 Å². The third kappa shape index (κ3) is 3.35. The van der Waals surface area contributed by atoms with Gasteiger partial charge in [-0.3, -0.25) is 0 Å². The number of anilines is 1. The highest BCUT2D eigenvalue weighted by Gasteiger charge is 2.06. The molecule has 3 heteroatoms. The van der Waals surface area contributed by atoms with Crippen LogP contribution in [0.3, 0.4) is 0 Å². The summed E-state index contributed by atoms with van der Waals surface area (Å²) < 4.78 is 26.4. The smallest absolute Gasteiger partial charge is 0.146 e. The van der Waals surface area contributed by atoms with Crippen molar-refractivity contribution in [2.45, 2.75) is 20.3 Å². The van der Waals surface area contributed by atoms with Crippen LogP contribution in [0, 0.1) is 18.6 Å². The van der Waals surface area contributed by atoms with Crippen molar-refractivity contribution >= 4 is 5.69 Å². The Morgan fingerprint density at radius 3 is 2.60 bits per heavy atom. The van der Waals surface area contributed by atoms with Gasteiger partial charge in [-0.1, -0.05) is 5.57 Å². The van der Waals surface area contributed by atoms with E-state index in [1.807, 2.05) is 6.92 Å². The fraction of sp³-hybridized carbons (Fsp3) is 0.333. The monoisotopic (exact) mass is 211 g/mol. The first-order chi connectivity index (χ1) is 7.00. The minimum atomic E-state index is -0.421. The second-order valence-electron chi connectivity index (χ2n) is 3.72. The van der Waals surface area contributed by atoms with Gasteiger partial charge in [0.1, 0.15) is 11.6 Å². The van der Waals surface area contributed by atoms with Crippen molar-refractivity contribution in [2.75, 3.05) is 11.9 Å². The summed E-state index contributed by atoms with van der Waals surface area (Å²) in [7, 11) is 0. The van der Waals surface area contributed by atoms with Gasteiger partial charge in [-0.25, -0.2) is 8.78 Å². The Morgan fingerprint density at radius 1 is 1.33 bits per heavy atom. The fourth-order valence-corrected chi connectivity index (χ4v) is 1.19. The molecule has 0 aliphatic rings. The summed E-state index contributed by atoms with van der Waals surface area (Å²) in [5.41, 5.74) is 1.53. The lowest BCUT2D eigenvalue weighted by Crippen LogP contribution is -2.04. The predicted octanol–water partition coefficient (Wildman–Crippen LogP) is 3.65. The van der Waals surface area contributed by atoms with Crippen molar-refractivity contribution in [1.82, 2.24) is 0 Å². The van der Waals surface area contributed by atoms with Crippen molar-refractivity contribution in [3.63, 3.8) is 0 Å². The molecule has 0 aliphatic heterocycles. The SMILES string of the molecule is C=C(C)CCNc1cc(F)c(C)cc1F. The third-order valence-electron chi connectivity index (χ3n) is 2.12. The number of nitrogens with one attached hydrogen (secondary N) is 1. The van der Waals surface area contributed by atoms with E-state index < -0.39 is 11.6 Å². The van der Waals surface area contributed by atoms with Gasteiger partial charge in [0.25, 0.3) is 0 Å². The summed E-state index contributed by atoms with van der Waals surface area (Å²) in [6, 6.07) is 2.38. The van der Waals surface area contributed by atoms with Gasteiger partial charge in [0.15, 0.2) is 0 Å². The Labute approximate surface area is 88.8 Å². The number of aryl methyl sites for hydroxylation is 1. The van der Waals surface area contributed by atoms with Gasteiger partial charge < -0.3 is 5.32 Å². The van der Waals surface area contributed by atoms with Crippen molar-refractivity contribution in [3.05, 3.63) is 41.5 Å². The van der Waals surface area contributed by atoms with Crippen molar-refractivity contribution in [3.8, 4) is 0 Å². The van der Waals surface area contributed by atoms with Crippen LogP contribution in [0.4, 0.5) is 14.5 Å². The minimum absolute atomic E-state index is 0.208. The summed E-state index contributed by atoms with van der Waals surface area (Å²) in [6.07, 6.45) is 0.745. The molecule has 1 aromatic carbocycles. The molecule has 1 rings (SSSR count). The van der Waals surface area contributed by atoms with Gasteiger partial charge in [-0.2, -0.15) is 0 Å². The topological polar surface area (TPSA) is 12.0 Å². The summed E-state index contributed by atoms with van der Waals surface area (Å²) in [5.74, 6) is -0.815. The van der Waals surface area contributed by atoms with E-state index in [0.29, 0.717) is 12.1 Å². The lowest BCUT2D eigenvalue weighted by molar-refractivity contribution is 0.594. The standard InChI is InChI=1S/C12H15F2N/c1-8(2)4-5-15-12-7-10(13)9(3)6-11(12)14/h6-7,15H,1,4-5H2,2-3H3. The molecule has 15 heavy (non-hydrogen) atoms. The Morgan fingerprint density at radius 2 is 2.00 bits per heavy atom. The molecule has 1 N–H and O–H groups in total. The molecule has 0 bridgehead atoms. The number of benzene rings is 1. The molecule has 82 valence electrons. The van der Waals surface area contributed by atoms with Crippen LogP contribution in [0.25, 0.3) is 0 Å². The molecule has 1 aromatic rings. The molecule has 0 atom stereocenters. The Balaban J connectivity index is 2.69. The predicted molar refractivity (Wildman–Crippen MR) is 59.0 cm³/mol. The summed E-state index contributed by atoms with van der Waals surface area (Å²) in [6.45, 7) is 7.73. The first kappa shape index (κ1) is 11.7. The van der Waals surface area contributed by atoms with E-state index in [9.17, 15) is 8.78 Å². The van der Waals surface area contributed by atoms with Gasteiger partial charge in [-0.15, -0.1) is 6.58 Å². The van der Waals surface area contributed by atoms with Crippen molar-refractivity contribution in [1.29, 1.82) is 0 Å². The molecule has 0 heterocycles. The molecule has 0 unspecified atom stereocenters. The average molecular weight is 211 g/mol. The highest BCUT2D eigenvalue weighted by molar-refractivity contribution is 5.46. The Kier molecular flexibility index (Phi) is 3.83. The normalized spacial score (nSPS) is 10.1. The third-order valence-corrected chi connectivity index (χ3v) is 2.12. The van der Waals surface area contributed by atoms with Gasteiger partial charge in [0.2, 0.25) is 0 Å². The average Bonchev–Trinajstić information content (AvgIpc) is 2.13. The van der Waals surface area contributed by atoms with E-state index >= 15 is 0 Å². The zero-order valence-corrected chi connectivity index (χ0v) is 9.03. The molecule has 0 fully saturated rings. The molecule has 0 amide bonds. The lowest BCUT2D eigenvalue weighted by atomic mass is 10.2. The summed E-state index contributed by atoms with van der Waals surface area (Å²) in [5, 5.41) is 2.84. The number of hydrogen-bond donors (Lipinski definition) is 1. The molecular weight excluding hydrogens is 196 g/mol. The largest absolute Gasteiger partial charge is 0.382 e. The van der Waals surface area contributed by atoms with Gasteiger partial charge in [-0.05, 0) is 31.9 Å². The van der Waals surface area contributed by atoms with E-state index in [1.165, 1.54) is 19.1 Å². The van der Waals surface area contributed by atoms with Gasteiger partial charge >= 0.3 is 0 Å². The minimum Gasteiger partial charge on any atom is -0.382 e. The van der Waals surface area contributed by atoms with Crippen LogP contribution in [-0.4, -0.2) is 6.54 Å². The van der Waals surface area contributed by atoms with Crippen LogP contribution in [0.15, 0.2) is 24.3 Å². The molecule has 0 saturated carbocycles. The zero-order chi connectivity index (χ0) is 11.4. The maximum atomic E-state index is 13.3. The van der Waals surface area contributed by atoms with Crippen LogP contribution in [0.5, 0.6) is 0 Å². The second kappa shape index (κ2) is 4.91. The van der Waals surface area contributed by atoms with Crippen LogP contribution < -0.4 is 5.32 Å². The Bertz CT molecular complexity index is 372. The van der Waals surface area contributed by atoms with Crippen molar-refractivity contribution < 1.29 is 8.78 Å². The summed E-state index contributed by atoms with van der Waals surface area (Å²) >= 11 is 0. The Hall–Kier alpha value is -1.38. The fourth-order valence-electron chi connectivity index (χ4n) is 1.19. The highest BCUT2D eigenvalue weighted by Crippen LogP contribution is 2.18. The molecule has 0 saturated heterocycles. The van der Waals surface area contributed by atoms with Crippen LogP contribution in [0.2, 0.25) is 0 Å². The van der Waals surface area contributed by atoms with Crippen LogP contribution in [0.1, 0.15) is 18.9 Å². The molecule has 0 radical (unpaired) electrons. The summed E-state index contributed by atoms with van der Waals surface area (Å²) in [4.78, 5) is 0. The van der Waals surface area contributed by atoms with E-state index in [1.54, 1.807) is 0 Å². The second-order valence-corrected chi connectivity index (χ2v) is 3.72. The maximum absolute atomic E-state index is 13.3. The van der Waals surface area contributed by atoms with Gasteiger partial charge in [0, 0.05) is 12.6 Å². The van der Waals surface area contributed by atoms with E-state index in [-0.39, 0.29) is 5.69 Å². The van der Waals surface area contributed by atoms with E-state index in [4.69, 9.17) is 0 Å². The molecule has 0 spiro atoms. The maximum Gasteiger partial charge on any atom is 0.146 e. The van der Waals surface area contributed by atoms with Crippen LogP contribution >= 0.6 is 0 Å². The lowest BCUT2D eigenvalue weighted by Gasteiger charge is -2.08. The molecule has 1 nitrogen and oxygen atoms in total. The zero-order valence-electron chi connectivity index (χ0n) is 9.03. The first-order valence-corrected chi connectivity index (χ1v) is 4.84. The number of halogens is 2. The number of rotatable bonds is 4. The molecule has 0 aromatic heterocycles. The molecule has 0 aliphatic carbocycles. The number of hydrogen-bond acceptors (Lipinski definition) is 1.